The van der Waals surface area contributed by atoms with E-state index in [0.29, 0.717) is 26.6 Å². The van der Waals surface area contributed by atoms with Crippen molar-refractivity contribution < 1.29 is 13.9 Å². The highest BCUT2D eigenvalue weighted by molar-refractivity contribution is 8.26. The van der Waals surface area contributed by atoms with E-state index in [2.05, 4.69) is 0 Å². The van der Waals surface area contributed by atoms with Crippen LogP contribution in [-0.4, -0.2) is 34.4 Å². The van der Waals surface area contributed by atoms with E-state index in [4.69, 9.17) is 33.0 Å². The van der Waals surface area contributed by atoms with Gasteiger partial charge in [0.25, 0.3) is 5.91 Å². The lowest BCUT2D eigenvalue weighted by atomic mass is 10.2. The third kappa shape index (κ3) is 3.74. The van der Waals surface area contributed by atoms with Gasteiger partial charge in [-0.2, -0.15) is 0 Å². The first kappa shape index (κ1) is 17.8. The van der Waals surface area contributed by atoms with Gasteiger partial charge >= 0.3 is 0 Å². The van der Waals surface area contributed by atoms with Crippen molar-refractivity contribution in [3.8, 4) is 11.3 Å². The number of thioether (sulfide) groups is 1. The summed E-state index contributed by atoms with van der Waals surface area (Å²) in [4.78, 5) is 14.9. The van der Waals surface area contributed by atoms with Gasteiger partial charge in [0.15, 0.2) is 0 Å². The molecule has 26 heavy (non-hydrogen) atoms. The molecule has 0 aliphatic carbocycles. The maximum Gasteiger partial charge on any atom is 0.266 e. The molecule has 2 aromatic rings. The van der Waals surface area contributed by atoms with Gasteiger partial charge in [0.2, 0.25) is 0 Å². The van der Waals surface area contributed by atoms with E-state index in [-0.39, 0.29) is 12.0 Å². The van der Waals surface area contributed by atoms with Gasteiger partial charge in [-0.05, 0) is 49.2 Å². The number of carbonyl (C=O) groups is 1. The van der Waals surface area contributed by atoms with Crippen molar-refractivity contribution >= 4 is 51.9 Å². The van der Waals surface area contributed by atoms with Gasteiger partial charge < -0.3 is 9.15 Å². The molecule has 2 aliphatic rings. The third-order valence-corrected chi connectivity index (χ3v) is 5.94. The summed E-state index contributed by atoms with van der Waals surface area (Å²) >= 11 is 12.6. The molecular formula is C19H16ClNO3S2. The Kier molecular flexibility index (Phi) is 5.18. The van der Waals surface area contributed by atoms with Crippen LogP contribution < -0.4 is 0 Å². The van der Waals surface area contributed by atoms with E-state index in [0.717, 1.165) is 30.8 Å². The monoisotopic (exact) mass is 405 g/mol. The molecule has 7 heteroatoms. The Hall–Kier alpha value is -1.60. The standard InChI is InChI=1S/C19H16ClNO3S2/c20-13-5-3-12(4-6-13)16-8-7-14(24-16)10-17-18(22)21(19(25)26-17)11-15-2-1-9-23-15/h3-8,10,15H,1-2,9,11H2. The lowest BCUT2D eigenvalue weighted by Crippen LogP contribution is -2.35. The number of carbonyl (C=O) groups excluding carboxylic acids is 1. The Morgan fingerprint density at radius 3 is 2.81 bits per heavy atom. The van der Waals surface area contributed by atoms with Gasteiger partial charge in [-0.3, -0.25) is 9.69 Å². The molecule has 1 aromatic heterocycles. The van der Waals surface area contributed by atoms with Crippen LogP contribution in [0.25, 0.3) is 17.4 Å². The number of halogens is 1. The molecule has 1 aromatic carbocycles. The highest BCUT2D eigenvalue weighted by Gasteiger charge is 2.34. The Balaban J connectivity index is 1.50. The van der Waals surface area contributed by atoms with Crippen LogP contribution in [-0.2, 0) is 9.53 Å². The average Bonchev–Trinajstić information content (AvgIpc) is 3.35. The normalized spacial score (nSPS) is 22.0. The van der Waals surface area contributed by atoms with Crippen molar-refractivity contribution in [2.75, 3.05) is 13.2 Å². The molecule has 0 bridgehead atoms. The fraction of sp³-hybridized carbons (Fsp3) is 0.263. The smallest absolute Gasteiger partial charge is 0.266 e. The van der Waals surface area contributed by atoms with Crippen molar-refractivity contribution in [2.24, 2.45) is 0 Å². The van der Waals surface area contributed by atoms with Gasteiger partial charge in [0, 0.05) is 23.3 Å². The van der Waals surface area contributed by atoms with E-state index in [9.17, 15) is 4.79 Å². The quantitative estimate of drug-likeness (QED) is 0.530. The van der Waals surface area contributed by atoms with Crippen LogP contribution in [0.2, 0.25) is 5.02 Å². The molecule has 0 radical (unpaired) electrons. The van der Waals surface area contributed by atoms with Crippen molar-refractivity contribution in [1.29, 1.82) is 0 Å². The summed E-state index contributed by atoms with van der Waals surface area (Å²) in [7, 11) is 0. The Morgan fingerprint density at radius 2 is 2.08 bits per heavy atom. The fourth-order valence-electron chi connectivity index (χ4n) is 2.98. The molecule has 0 saturated carbocycles. The number of rotatable bonds is 4. The average molecular weight is 406 g/mol. The van der Waals surface area contributed by atoms with Crippen molar-refractivity contribution in [3.63, 3.8) is 0 Å². The topological polar surface area (TPSA) is 42.7 Å². The van der Waals surface area contributed by atoms with Crippen LogP contribution >= 0.6 is 35.6 Å². The SMILES string of the molecule is O=C1C(=Cc2ccc(-c3ccc(Cl)cc3)o2)SC(=S)N1CC1CCCO1. The van der Waals surface area contributed by atoms with Gasteiger partial charge in [0.1, 0.15) is 15.8 Å². The number of nitrogens with zero attached hydrogens (tertiary/aromatic N) is 1. The van der Waals surface area contributed by atoms with Crippen LogP contribution in [0.1, 0.15) is 18.6 Å². The van der Waals surface area contributed by atoms with E-state index in [1.165, 1.54) is 11.8 Å². The maximum absolute atomic E-state index is 12.7. The minimum Gasteiger partial charge on any atom is -0.457 e. The number of thiocarbonyl (C=S) groups is 1. The summed E-state index contributed by atoms with van der Waals surface area (Å²) in [5.74, 6) is 1.26. The summed E-state index contributed by atoms with van der Waals surface area (Å²) < 4.78 is 12.0. The summed E-state index contributed by atoms with van der Waals surface area (Å²) in [6, 6.07) is 11.1. The van der Waals surface area contributed by atoms with E-state index < -0.39 is 0 Å². The first-order chi connectivity index (χ1) is 12.6. The van der Waals surface area contributed by atoms with Gasteiger partial charge in [-0.25, -0.2) is 0 Å². The van der Waals surface area contributed by atoms with Crippen molar-refractivity contribution in [1.82, 2.24) is 4.90 Å². The number of hydrogen-bond donors (Lipinski definition) is 0. The molecule has 4 rings (SSSR count). The highest BCUT2D eigenvalue weighted by Crippen LogP contribution is 2.34. The van der Waals surface area contributed by atoms with Crippen LogP contribution in [0.15, 0.2) is 45.7 Å². The molecule has 0 spiro atoms. The van der Waals surface area contributed by atoms with E-state index >= 15 is 0 Å². The first-order valence-corrected chi connectivity index (χ1v) is 9.93. The molecule has 1 amide bonds. The van der Waals surface area contributed by atoms with E-state index in [1.54, 1.807) is 11.0 Å². The van der Waals surface area contributed by atoms with Gasteiger partial charge in [0.05, 0.1) is 17.6 Å². The molecule has 3 heterocycles. The van der Waals surface area contributed by atoms with Crippen LogP contribution in [0.4, 0.5) is 0 Å². The van der Waals surface area contributed by atoms with Crippen LogP contribution in [0.5, 0.6) is 0 Å². The molecule has 1 atom stereocenters. The Labute approximate surface area is 166 Å². The summed E-state index contributed by atoms with van der Waals surface area (Å²) in [5, 5.41) is 0.676. The number of amides is 1. The first-order valence-electron chi connectivity index (χ1n) is 8.33. The van der Waals surface area contributed by atoms with E-state index in [1.807, 2.05) is 36.4 Å². The second-order valence-corrected chi connectivity index (χ2v) is 8.25. The van der Waals surface area contributed by atoms with Gasteiger partial charge in [-0.1, -0.05) is 35.6 Å². The van der Waals surface area contributed by atoms with Crippen LogP contribution in [0, 0.1) is 0 Å². The zero-order valence-corrected chi connectivity index (χ0v) is 16.2. The lowest BCUT2D eigenvalue weighted by molar-refractivity contribution is -0.123. The second-order valence-electron chi connectivity index (χ2n) is 6.14. The molecule has 2 saturated heterocycles. The predicted molar refractivity (Wildman–Crippen MR) is 108 cm³/mol. The predicted octanol–water partition coefficient (Wildman–Crippen LogP) is 4.98. The highest BCUT2D eigenvalue weighted by atomic mass is 35.5. The number of ether oxygens (including phenoxy) is 1. The second kappa shape index (κ2) is 7.56. The lowest BCUT2D eigenvalue weighted by Gasteiger charge is -2.18. The molecule has 134 valence electrons. The largest absolute Gasteiger partial charge is 0.457 e. The van der Waals surface area contributed by atoms with Crippen LogP contribution in [0.3, 0.4) is 0 Å². The Bertz CT molecular complexity index is 869. The molecule has 4 nitrogen and oxygen atoms in total. The third-order valence-electron chi connectivity index (χ3n) is 4.31. The summed E-state index contributed by atoms with van der Waals surface area (Å²) in [5.41, 5.74) is 0.931. The summed E-state index contributed by atoms with van der Waals surface area (Å²) in [6.45, 7) is 1.28. The molecule has 2 fully saturated rings. The van der Waals surface area contributed by atoms with Crippen molar-refractivity contribution in [2.45, 2.75) is 18.9 Å². The zero-order valence-electron chi connectivity index (χ0n) is 13.8. The minimum absolute atomic E-state index is 0.0805. The van der Waals surface area contributed by atoms with Crippen molar-refractivity contribution in [3.05, 3.63) is 52.1 Å². The number of hydrogen-bond acceptors (Lipinski definition) is 5. The fourth-order valence-corrected chi connectivity index (χ4v) is 4.36. The molecule has 2 aliphatic heterocycles. The Morgan fingerprint density at radius 1 is 1.27 bits per heavy atom. The number of furan rings is 1. The zero-order chi connectivity index (χ0) is 18.1. The molecule has 1 unspecified atom stereocenters. The number of benzene rings is 1. The van der Waals surface area contributed by atoms with Gasteiger partial charge in [-0.15, -0.1) is 0 Å². The molecular weight excluding hydrogens is 390 g/mol. The minimum atomic E-state index is -0.0834. The molecule has 0 N–H and O–H groups in total. The maximum atomic E-state index is 12.7. The summed E-state index contributed by atoms with van der Waals surface area (Å²) in [6.07, 6.45) is 3.83.